The van der Waals surface area contributed by atoms with Crippen LogP contribution in [0.4, 0.5) is 0 Å². The molecule has 4 nitrogen and oxygen atoms in total. The van der Waals surface area contributed by atoms with E-state index in [4.69, 9.17) is 5.11 Å². The second-order valence-corrected chi connectivity index (χ2v) is 6.50. The predicted molar refractivity (Wildman–Crippen MR) is 70.4 cm³/mol. The molecule has 0 saturated heterocycles. The van der Waals surface area contributed by atoms with Crippen LogP contribution >= 0.6 is 0 Å². The Kier molecular flexibility index (Phi) is 5.34. The van der Waals surface area contributed by atoms with Gasteiger partial charge in [0.15, 0.2) is 9.84 Å². The van der Waals surface area contributed by atoms with E-state index in [1.54, 1.807) is 30.3 Å². The van der Waals surface area contributed by atoms with Gasteiger partial charge in [-0.1, -0.05) is 43.7 Å². The fourth-order valence-electron chi connectivity index (χ4n) is 1.70. The van der Waals surface area contributed by atoms with Crippen molar-refractivity contribution in [2.45, 2.75) is 25.7 Å². The molecule has 1 aromatic rings. The number of carbonyl (C=O) groups is 1. The molecule has 1 aromatic carbocycles. The normalized spacial score (nSPS) is 13.2. The Morgan fingerprint density at radius 2 is 1.89 bits per heavy atom. The number of hydrogen-bond acceptors (Lipinski definition) is 3. The summed E-state index contributed by atoms with van der Waals surface area (Å²) in [7, 11) is -3.32. The van der Waals surface area contributed by atoms with E-state index in [9.17, 15) is 13.2 Å². The molecular formula is C13H18O4S. The van der Waals surface area contributed by atoms with Crippen molar-refractivity contribution in [1.82, 2.24) is 0 Å². The maximum absolute atomic E-state index is 11.8. The predicted octanol–water partition coefficient (Wildman–Crippen LogP) is 2.07. The van der Waals surface area contributed by atoms with Gasteiger partial charge in [0.1, 0.15) is 0 Å². The van der Waals surface area contributed by atoms with Crippen molar-refractivity contribution in [2.75, 3.05) is 11.5 Å². The molecule has 0 aliphatic heterocycles. The van der Waals surface area contributed by atoms with Crippen LogP contribution in [0.2, 0.25) is 0 Å². The van der Waals surface area contributed by atoms with Crippen LogP contribution in [0.3, 0.4) is 0 Å². The average molecular weight is 270 g/mol. The van der Waals surface area contributed by atoms with Crippen molar-refractivity contribution >= 4 is 15.8 Å². The van der Waals surface area contributed by atoms with E-state index >= 15 is 0 Å². The molecule has 0 fully saturated rings. The molecular weight excluding hydrogens is 252 g/mol. The Labute approximate surface area is 108 Å². The molecule has 1 rings (SSSR count). The zero-order valence-electron chi connectivity index (χ0n) is 10.4. The second kappa shape index (κ2) is 6.54. The van der Waals surface area contributed by atoms with Crippen LogP contribution in [-0.2, 0) is 14.6 Å². The highest BCUT2D eigenvalue weighted by molar-refractivity contribution is 7.91. The lowest BCUT2D eigenvalue weighted by molar-refractivity contribution is -0.138. The SMILES string of the molecule is CCCCS(=O)(=O)CC(C(=O)O)c1ccccc1. The van der Waals surface area contributed by atoms with Crippen LogP contribution in [0, 0.1) is 0 Å². The van der Waals surface area contributed by atoms with E-state index < -0.39 is 21.7 Å². The van der Waals surface area contributed by atoms with Crippen molar-refractivity contribution < 1.29 is 18.3 Å². The fourth-order valence-corrected chi connectivity index (χ4v) is 3.44. The molecule has 0 heterocycles. The second-order valence-electron chi connectivity index (χ2n) is 4.27. The number of benzene rings is 1. The Balaban J connectivity index is 2.86. The summed E-state index contributed by atoms with van der Waals surface area (Å²) in [5, 5.41) is 9.15. The van der Waals surface area contributed by atoms with E-state index in [2.05, 4.69) is 0 Å². The highest BCUT2D eigenvalue weighted by Gasteiger charge is 2.26. The van der Waals surface area contributed by atoms with Gasteiger partial charge in [-0.05, 0) is 12.0 Å². The summed E-state index contributed by atoms with van der Waals surface area (Å²) in [6, 6.07) is 8.49. The van der Waals surface area contributed by atoms with Crippen LogP contribution in [0.15, 0.2) is 30.3 Å². The first kappa shape index (κ1) is 14.7. The van der Waals surface area contributed by atoms with Crippen LogP contribution in [0.1, 0.15) is 31.2 Å². The zero-order valence-corrected chi connectivity index (χ0v) is 11.2. The molecule has 0 aromatic heterocycles. The molecule has 100 valence electrons. The van der Waals surface area contributed by atoms with Crippen LogP contribution in [0.5, 0.6) is 0 Å². The topological polar surface area (TPSA) is 71.4 Å². The van der Waals surface area contributed by atoms with E-state index in [0.29, 0.717) is 12.0 Å². The molecule has 0 amide bonds. The third kappa shape index (κ3) is 4.49. The highest BCUT2D eigenvalue weighted by Crippen LogP contribution is 2.19. The molecule has 1 N–H and O–H groups in total. The summed E-state index contributed by atoms with van der Waals surface area (Å²) < 4.78 is 23.6. The Morgan fingerprint density at radius 1 is 1.28 bits per heavy atom. The molecule has 0 aliphatic carbocycles. The van der Waals surface area contributed by atoms with E-state index in [-0.39, 0.29) is 11.5 Å². The lowest BCUT2D eigenvalue weighted by atomic mass is 10.0. The van der Waals surface area contributed by atoms with E-state index in [0.717, 1.165) is 6.42 Å². The van der Waals surface area contributed by atoms with Gasteiger partial charge in [0.25, 0.3) is 0 Å². The van der Waals surface area contributed by atoms with E-state index in [1.165, 1.54) is 0 Å². The first-order valence-electron chi connectivity index (χ1n) is 5.94. The van der Waals surface area contributed by atoms with Gasteiger partial charge >= 0.3 is 5.97 Å². The molecule has 1 unspecified atom stereocenters. The lowest BCUT2D eigenvalue weighted by Gasteiger charge is -2.13. The minimum Gasteiger partial charge on any atom is -0.481 e. The van der Waals surface area contributed by atoms with Crippen molar-refractivity contribution in [3.63, 3.8) is 0 Å². The quantitative estimate of drug-likeness (QED) is 0.823. The Hall–Kier alpha value is -1.36. The van der Waals surface area contributed by atoms with Gasteiger partial charge in [-0.3, -0.25) is 4.79 Å². The smallest absolute Gasteiger partial charge is 0.312 e. The third-order valence-corrected chi connectivity index (χ3v) is 4.48. The summed E-state index contributed by atoms with van der Waals surface area (Å²) in [6.07, 6.45) is 1.35. The summed E-state index contributed by atoms with van der Waals surface area (Å²) in [5.41, 5.74) is 0.532. The maximum atomic E-state index is 11.8. The highest BCUT2D eigenvalue weighted by atomic mass is 32.2. The number of carboxylic acid groups (broad SMARTS) is 1. The van der Waals surface area contributed by atoms with Crippen molar-refractivity contribution in [1.29, 1.82) is 0 Å². The molecule has 0 aliphatic rings. The molecule has 0 saturated carbocycles. The number of unbranched alkanes of at least 4 members (excludes halogenated alkanes) is 1. The van der Waals surface area contributed by atoms with Gasteiger partial charge in [0.05, 0.1) is 17.4 Å². The largest absolute Gasteiger partial charge is 0.481 e. The number of rotatable bonds is 7. The minimum atomic E-state index is -3.32. The van der Waals surface area contributed by atoms with Gasteiger partial charge in [-0.2, -0.15) is 0 Å². The maximum Gasteiger partial charge on any atom is 0.312 e. The minimum absolute atomic E-state index is 0.0557. The monoisotopic (exact) mass is 270 g/mol. The number of sulfone groups is 1. The standard InChI is InChI=1S/C13H18O4S/c1-2-3-9-18(16,17)10-12(13(14)15)11-7-5-4-6-8-11/h4-8,12H,2-3,9-10H2,1H3,(H,14,15). The van der Waals surface area contributed by atoms with Gasteiger partial charge in [-0.15, -0.1) is 0 Å². The molecule has 1 atom stereocenters. The number of hydrogen-bond donors (Lipinski definition) is 1. The summed E-state index contributed by atoms with van der Waals surface area (Å²) >= 11 is 0. The lowest BCUT2D eigenvalue weighted by Crippen LogP contribution is -2.23. The van der Waals surface area contributed by atoms with Crippen LogP contribution in [0.25, 0.3) is 0 Å². The van der Waals surface area contributed by atoms with Gasteiger partial charge in [-0.25, -0.2) is 8.42 Å². The summed E-state index contributed by atoms with van der Waals surface area (Å²) in [4.78, 5) is 11.2. The van der Waals surface area contributed by atoms with Crippen LogP contribution in [-0.4, -0.2) is 31.0 Å². The molecule has 0 radical (unpaired) electrons. The first-order valence-corrected chi connectivity index (χ1v) is 7.76. The number of aliphatic carboxylic acids is 1. The third-order valence-electron chi connectivity index (χ3n) is 2.73. The molecule has 5 heteroatoms. The van der Waals surface area contributed by atoms with Crippen molar-refractivity contribution in [2.24, 2.45) is 0 Å². The average Bonchev–Trinajstić information content (AvgIpc) is 2.34. The van der Waals surface area contributed by atoms with Gasteiger partial charge < -0.3 is 5.11 Å². The summed E-state index contributed by atoms with van der Waals surface area (Å²) in [5.74, 6) is -2.35. The zero-order chi connectivity index (χ0) is 13.6. The Bertz CT molecular complexity index is 479. The van der Waals surface area contributed by atoms with Crippen molar-refractivity contribution in [3.05, 3.63) is 35.9 Å². The fraction of sp³-hybridized carbons (Fsp3) is 0.462. The van der Waals surface area contributed by atoms with Crippen LogP contribution < -0.4 is 0 Å². The van der Waals surface area contributed by atoms with Gasteiger partial charge in [0.2, 0.25) is 0 Å². The molecule has 0 bridgehead atoms. The molecule has 18 heavy (non-hydrogen) atoms. The van der Waals surface area contributed by atoms with E-state index in [1.807, 2.05) is 6.92 Å². The molecule has 0 spiro atoms. The summed E-state index contributed by atoms with van der Waals surface area (Å²) in [6.45, 7) is 1.90. The van der Waals surface area contributed by atoms with Gasteiger partial charge in [0, 0.05) is 0 Å². The first-order chi connectivity index (χ1) is 8.46. The number of carboxylic acids is 1. The van der Waals surface area contributed by atoms with Crippen molar-refractivity contribution in [3.8, 4) is 0 Å². The Morgan fingerprint density at radius 3 is 2.39 bits per heavy atom.